The lowest BCUT2D eigenvalue weighted by molar-refractivity contribution is 0.586. The number of hydrogen-bond donors (Lipinski definition) is 0. The van der Waals surface area contributed by atoms with E-state index in [1.54, 1.807) is 0 Å². The lowest BCUT2D eigenvalue weighted by atomic mass is 9.95. The number of rotatable bonds is 6. The van der Waals surface area contributed by atoms with Crippen LogP contribution in [0.3, 0.4) is 0 Å². The molecule has 234 valence electrons. The molecule has 0 amide bonds. The number of fused-ring (bicyclic) bond motifs is 7. The van der Waals surface area contributed by atoms with Crippen molar-refractivity contribution in [2.45, 2.75) is 12.6 Å². The minimum Gasteiger partial charge on any atom is -0.313 e. The van der Waals surface area contributed by atoms with E-state index in [1.165, 1.54) is 33.5 Å². The zero-order valence-corrected chi connectivity index (χ0v) is 27.8. The number of hydrogen-bond acceptors (Lipinski definition) is 2. The van der Waals surface area contributed by atoms with Gasteiger partial charge in [0.05, 0.1) is 16.7 Å². The first-order valence-electron chi connectivity index (χ1n) is 16.7. The molecule has 2 heterocycles. The van der Waals surface area contributed by atoms with Gasteiger partial charge in [-0.15, -0.1) is 0 Å². The molecule has 1 atom stereocenters. The molecule has 0 spiro atoms. The molecule has 1 aromatic heterocycles. The summed E-state index contributed by atoms with van der Waals surface area (Å²) in [7, 11) is -2.87. The molecule has 1 unspecified atom stereocenters. The monoisotopic (exact) mass is 648 g/mol. The lowest BCUT2D eigenvalue weighted by Gasteiger charge is -2.20. The molecule has 0 saturated heterocycles. The van der Waals surface area contributed by atoms with E-state index in [4.69, 9.17) is 4.98 Å². The van der Waals surface area contributed by atoms with Gasteiger partial charge in [0.1, 0.15) is 13.0 Å². The zero-order chi connectivity index (χ0) is 32.8. The summed E-state index contributed by atoms with van der Waals surface area (Å²) in [5.41, 5.74) is 12.7. The second kappa shape index (κ2) is 12.0. The predicted octanol–water partition coefficient (Wildman–Crippen LogP) is 10.4. The van der Waals surface area contributed by atoms with E-state index >= 15 is 0 Å². The Morgan fingerprint density at radius 3 is 1.86 bits per heavy atom. The molecule has 7 aromatic carbocycles. The van der Waals surface area contributed by atoms with Gasteiger partial charge in [-0.2, -0.15) is 0 Å². The second-order valence-electron chi connectivity index (χ2n) is 12.8. The molecule has 1 aliphatic heterocycles. The largest absolute Gasteiger partial charge is 0.313 e. The Balaban J connectivity index is 1.04. The van der Waals surface area contributed by atoms with Crippen LogP contribution in [0.1, 0.15) is 16.7 Å². The van der Waals surface area contributed by atoms with Gasteiger partial charge in [0.15, 0.2) is 0 Å². The number of nitrogens with zero attached hydrogens (tertiary/aromatic N) is 2. The Morgan fingerprint density at radius 1 is 0.531 bits per heavy atom. The van der Waals surface area contributed by atoms with Gasteiger partial charge in [0, 0.05) is 28.8 Å². The summed E-state index contributed by atoms with van der Waals surface area (Å²) in [6.45, 7) is 0. The number of aromatic nitrogens is 2. The average Bonchev–Trinajstić information content (AvgIpc) is 3.49. The van der Waals surface area contributed by atoms with E-state index in [0.29, 0.717) is 6.16 Å². The lowest BCUT2D eigenvalue weighted by Crippen LogP contribution is -2.17. The normalized spacial score (nSPS) is 13.1. The fraction of sp³-hybridized carbons (Fsp3) is 0.0444. The van der Waals surface area contributed by atoms with E-state index in [2.05, 4.69) is 132 Å². The van der Waals surface area contributed by atoms with Gasteiger partial charge in [0.25, 0.3) is 0 Å². The van der Waals surface area contributed by atoms with Gasteiger partial charge < -0.3 is 4.57 Å². The number of imidazole rings is 1. The molecular weight excluding hydrogens is 615 g/mol. The fourth-order valence-corrected chi connectivity index (χ4v) is 9.94. The summed E-state index contributed by atoms with van der Waals surface area (Å²) in [4.78, 5) is 5.07. The van der Waals surface area contributed by atoms with Gasteiger partial charge in [-0.05, 0) is 63.2 Å². The van der Waals surface area contributed by atoms with Crippen LogP contribution in [0, 0.1) is 0 Å². The second-order valence-corrected chi connectivity index (χ2v) is 15.6. The molecule has 49 heavy (non-hydrogen) atoms. The van der Waals surface area contributed by atoms with Crippen molar-refractivity contribution in [1.29, 1.82) is 0 Å². The van der Waals surface area contributed by atoms with Crippen LogP contribution in [0.4, 0.5) is 0 Å². The van der Waals surface area contributed by atoms with Crippen LogP contribution in [-0.2, 0) is 17.1 Å². The van der Waals surface area contributed by atoms with E-state index in [-0.39, 0.29) is 0 Å². The van der Waals surface area contributed by atoms with Crippen LogP contribution < -0.4 is 10.6 Å². The van der Waals surface area contributed by atoms with E-state index < -0.39 is 7.14 Å². The third-order valence-corrected chi connectivity index (χ3v) is 12.9. The molecule has 0 aliphatic carbocycles. The minimum absolute atomic E-state index is 0.497. The molecule has 0 saturated carbocycles. The summed E-state index contributed by atoms with van der Waals surface area (Å²) in [5, 5.41) is 1.76. The Labute approximate surface area is 286 Å². The first kappa shape index (κ1) is 29.4. The van der Waals surface area contributed by atoms with E-state index in [1.807, 2.05) is 48.5 Å². The molecule has 3 nitrogen and oxygen atoms in total. The Hall–Kier alpha value is -5.76. The highest BCUT2D eigenvalue weighted by Gasteiger charge is 2.28. The SMILES string of the molecule is O=P(Cc1ccccc1)(c1ccccc1)c1ccc(-c2ccc(-c3ccc4c(c3)Cc3ccccc3-c3nc5ccccc5n3-4)cc2)cc1. The van der Waals surface area contributed by atoms with Crippen LogP contribution in [0.15, 0.2) is 176 Å². The summed E-state index contributed by atoms with van der Waals surface area (Å²) in [6.07, 6.45) is 1.34. The maximum Gasteiger partial charge on any atom is 0.147 e. The topological polar surface area (TPSA) is 34.9 Å². The summed E-state index contributed by atoms with van der Waals surface area (Å²) < 4.78 is 17.1. The highest BCUT2D eigenvalue weighted by Crippen LogP contribution is 2.47. The number of para-hydroxylation sites is 2. The molecule has 1 aliphatic rings. The maximum atomic E-state index is 14.7. The minimum atomic E-state index is -2.87. The van der Waals surface area contributed by atoms with Crippen molar-refractivity contribution < 1.29 is 4.57 Å². The van der Waals surface area contributed by atoms with Crippen LogP contribution in [0.5, 0.6) is 0 Å². The van der Waals surface area contributed by atoms with Crippen LogP contribution in [-0.4, -0.2) is 9.55 Å². The Morgan fingerprint density at radius 2 is 1.10 bits per heavy atom. The van der Waals surface area contributed by atoms with Crippen molar-refractivity contribution in [3.05, 3.63) is 193 Å². The molecule has 0 N–H and O–H groups in total. The van der Waals surface area contributed by atoms with Crippen molar-refractivity contribution in [2.24, 2.45) is 0 Å². The van der Waals surface area contributed by atoms with Crippen LogP contribution in [0.2, 0.25) is 0 Å². The molecule has 0 radical (unpaired) electrons. The van der Waals surface area contributed by atoms with Gasteiger partial charge in [-0.3, -0.25) is 4.57 Å². The zero-order valence-electron chi connectivity index (χ0n) is 26.9. The smallest absolute Gasteiger partial charge is 0.147 e. The predicted molar refractivity (Wildman–Crippen MR) is 204 cm³/mol. The highest BCUT2D eigenvalue weighted by molar-refractivity contribution is 7.78. The molecular formula is C45H33N2OP. The van der Waals surface area contributed by atoms with Crippen molar-refractivity contribution >= 4 is 28.8 Å². The van der Waals surface area contributed by atoms with E-state index in [9.17, 15) is 4.57 Å². The standard InChI is InChI=1S/C45H33N2OP/c48-49(39-14-5-2-6-15-39,31-32-11-3-1-4-12-32)40-26-23-34(24-27-40)33-19-21-35(22-20-33)36-25-28-43-38(29-36)30-37-13-7-8-16-41(37)45-46-42-17-9-10-18-44(42)47(43)45/h1-29H,30-31H2. The fourth-order valence-electron chi connectivity index (χ4n) is 7.26. The molecule has 0 fully saturated rings. The highest BCUT2D eigenvalue weighted by atomic mass is 31.2. The van der Waals surface area contributed by atoms with Crippen LogP contribution in [0.25, 0.3) is 50.4 Å². The van der Waals surface area contributed by atoms with E-state index in [0.717, 1.165) is 50.6 Å². The third-order valence-electron chi connectivity index (χ3n) is 9.78. The maximum absolute atomic E-state index is 14.7. The van der Waals surface area contributed by atoms with Crippen molar-refractivity contribution in [1.82, 2.24) is 9.55 Å². The third kappa shape index (κ3) is 5.24. The average molecular weight is 649 g/mol. The molecule has 8 aromatic rings. The van der Waals surface area contributed by atoms with Crippen LogP contribution >= 0.6 is 7.14 Å². The van der Waals surface area contributed by atoms with Gasteiger partial charge >= 0.3 is 0 Å². The molecule has 0 bridgehead atoms. The summed E-state index contributed by atoms with van der Waals surface area (Å²) in [5.74, 6) is 0.999. The molecule has 9 rings (SSSR count). The van der Waals surface area contributed by atoms with Crippen molar-refractivity contribution in [3.8, 4) is 39.3 Å². The van der Waals surface area contributed by atoms with Gasteiger partial charge in [0.2, 0.25) is 0 Å². The molecule has 4 heteroatoms. The quantitative estimate of drug-likeness (QED) is 0.168. The van der Waals surface area contributed by atoms with Crippen molar-refractivity contribution in [2.75, 3.05) is 0 Å². The summed E-state index contributed by atoms with van der Waals surface area (Å²) in [6, 6.07) is 61.0. The number of benzene rings is 7. The van der Waals surface area contributed by atoms with Gasteiger partial charge in [-0.1, -0.05) is 152 Å². The van der Waals surface area contributed by atoms with Gasteiger partial charge in [-0.25, -0.2) is 4.98 Å². The Bertz CT molecular complexity index is 2500. The van der Waals surface area contributed by atoms with Crippen molar-refractivity contribution in [3.63, 3.8) is 0 Å². The first-order chi connectivity index (χ1) is 24.1. The Kier molecular flexibility index (Phi) is 7.22. The first-order valence-corrected chi connectivity index (χ1v) is 18.6. The summed E-state index contributed by atoms with van der Waals surface area (Å²) >= 11 is 0.